The van der Waals surface area contributed by atoms with E-state index < -0.39 is 6.10 Å². The molecule has 1 atom stereocenters. The Hall–Kier alpha value is -2.86. The smallest absolute Gasteiger partial charge is 0.115 e. The largest absolute Gasteiger partial charge is 0.508 e. The average molecular weight is 416 g/mol. The van der Waals surface area contributed by atoms with E-state index in [-0.39, 0.29) is 0 Å². The van der Waals surface area contributed by atoms with E-state index in [4.69, 9.17) is 0 Å². The van der Waals surface area contributed by atoms with Crippen LogP contribution in [-0.4, -0.2) is 63.4 Å². The summed E-state index contributed by atoms with van der Waals surface area (Å²) in [7, 11) is 0. The first kappa shape index (κ1) is 20.1. The molecule has 3 aromatic carbocycles. The van der Waals surface area contributed by atoms with Crippen molar-refractivity contribution in [3.8, 4) is 5.75 Å². The van der Waals surface area contributed by atoms with Gasteiger partial charge in [-0.2, -0.15) is 0 Å². The van der Waals surface area contributed by atoms with Crippen molar-refractivity contribution < 1.29 is 10.2 Å². The molecule has 1 saturated heterocycles. The molecule has 0 aliphatic carbocycles. The number of aliphatic hydroxyl groups excluding tert-OH is 1. The molecule has 2 N–H and O–H groups in total. The summed E-state index contributed by atoms with van der Waals surface area (Å²) < 4.78 is 2.26. The molecule has 1 fully saturated rings. The number of aromatic nitrogens is 1. The molecule has 5 heteroatoms. The summed E-state index contributed by atoms with van der Waals surface area (Å²) in [5, 5.41) is 22.9. The predicted octanol–water partition coefficient (Wildman–Crippen LogP) is 3.68. The van der Waals surface area contributed by atoms with Crippen LogP contribution in [0.2, 0.25) is 0 Å². The van der Waals surface area contributed by atoms with Crippen LogP contribution in [0.1, 0.15) is 5.56 Å². The molecule has 0 spiro atoms. The van der Waals surface area contributed by atoms with Crippen molar-refractivity contribution in [2.45, 2.75) is 19.2 Å². The Bertz CT molecular complexity index is 1110. The highest BCUT2D eigenvalue weighted by Crippen LogP contribution is 2.29. The minimum absolute atomic E-state index is 0.311. The van der Waals surface area contributed by atoms with Gasteiger partial charge in [-0.15, -0.1) is 0 Å². The van der Waals surface area contributed by atoms with E-state index in [1.54, 1.807) is 12.1 Å². The monoisotopic (exact) mass is 415 g/mol. The van der Waals surface area contributed by atoms with Crippen LogP contribution in [0.3, 0.4) is 0 Å². The van der Waals surface area contributed by atoms with Crippen LogP contribution in [-0.2, 0) is 13.1 Å². The van der Waals surface area contributed by atoms with Crippen LogP contribution >= 0.6 is 0 Å². The first-order valence-corrected chi connectivity index (χ1v) is 11.0. The standard InChI is InChI=1S/C26H29N3O2/c30-21-11-9-20(10-12-21)17-27-13-15-28(16-14-27)18-22(31)19-29-25-7-3-1-5-23(25)24-6-2-4-8-26(24)29/h1-12,22,30-31H,13-19H2. The second kappa shape index (κ2) is 8.71. The predicted molar refractivity (Wildman–Crippen MR) is 125 cm³/mol. The SMILES string of the molecule is Oc1ccc(CN2CCN(CC(O)Cn3c4ccccc4c4ccccc43)CC2)cc1. The van der Waals surface area contributed by atoms with Gasteiger partial charge in [0.05, 0.1) is 12.6 Å². The summed E-state index contributed by atoms with van der Waals surface area (Å²) in [5.74, 6) is 0.311. The number of aliphatic hydroxyl groups is 1. The van der Waals surface area contributed by atoms with Crippen molar-refractivity contribution in [2.75, 3.05) is 32.7 Å². The van der Waals surface area contributed by atoms with Gasteiger partial charge in [-0.1, -0.05) is 48.5 Å². The van der Waals surface area contributed by atoms with Crippen molar-refractivity contribution >= 4 is 21.8 Å². The Morgan fingerprint density at radius 2 is 1.23 bits per heavy atom. The third kappa shape index (κ3) is 4.30. The molecule has 0 saturated carbocycles. The number of phenols is 1. The van der Waals surface area contributed by atoms with E-state index in [9.17, 15) is 10.2 Å². The zero-order valence-electron chi connectivity index (χ0n) is 17.7. The van der Waals surface area contributed by atoms with Gasteiger partial charge in [-0.3, -0.25) is 9.80 Å². The van der Waals surface area contributed by atoms with Gasteiger partial charge in [0.15, 0.2) is 0 Å². The van der Waals surface area contributed by atoms with Crippen LogP contribution in [0.5, 0.6) is 5.75 Å². The van der Waals surface area contributed by atoms with Crippen LogP contribution < -0.4 is 0 Å². The van der Waals surface area contributed by atoms with Gasteiger partial charge >= 0.3 is 0 Å². The third-order valence-electron chi connectivity index (χ3n) is 6.35. The summed E-state index contributed by atoms with van der Waals surface area (Å²) in [4.78, 5) is 4.80. The maximum Gasteiger partial charge on any atom is 0.115 e. The fourth-order valence-corrected chi connectivity index (χ4v) is 4.76. The number of aromatic hydroxyl groups is 1. The van der Waals surface area contributed by atoms with E-state index in [2.05, 4.69) is 62.9 Å². The lowest BCUT2D eigenvalue weighted by atomic mass is 10.2. The highest BCUT2D eigenvalue weighted by atomic mass is 16.3. The molecule has 2 heterocycles. The first-order chi connectivity index (χ1) is 15.2. The molecule has 0 amide bonds. The molecule has 1 aliphatic rings. The average Bonchev–Trinajstić information content (AvgIpc) is 3.11. The Balaban J connectivity index is 1.21. The Morgan fingerprint density at radius 3 is 1.84 bits per heavy atom. The molecule has 5 nitrogen and oxygen atoms in total. The number of benzene rings is 3. The lowest BCUT2D eigenvalue weighted by molar-refractivity contribution is 0.0634. The van der Waals surface area contributed by atoms with Gasteiger partial charge in [0.1, 0.15) is 5.75 Å². The molecule has 1 aliphatic heterocycles. The molecule has 1 unspecified atom stereocenters. The fourth-order valence-electron chi connectivity index (χ4n) is 4.76. The van der Waals surface area contributed by atoms with Gasteiger partial charge in [0.2, 0.25) is 0 Å². The molecule has 5 rings (SSSR count). The summed E-state index contributed by atoms with van der Waals surface area (Å²) in [6.45, 7) is 6.09. The van der Waals surface area contributed by atoms with Crippen LogP contribution in [0.25, 0.3) is 21.8 Å². The minimum Gasteiger partial charge on any atom is -0.508 e. The van der Waals surface area contributed by atoms with Crippen molar-refractivity contribution in [3.05, 3.63) is 78.4 Å². The lowest BCUT2D eigenvalue weighted by Crippen LogP contribution is -2.48. The molecule has 0 bridgehead atoms. The summed E-state index contributed by atoms with van der Waals surface area (Å²) in [6.07, 6.45) is -0.414. The summed E-state index contributed by atoms with van der Waals surface area (Å²) in [6, 6.07) is 24.4. The van der Waals surface area contributed by atoms with Crippen molar-refractivity contribution in [1.82, 2.24) is 14.4 Å². The summed E-state index contributed by atoms with van der Waals surface area (Å²) >= 11 is 0. The number of hydrogen-bond donors (Lipinski definition) is 2. The van der Waals surface area contributed by atoms with Crippen LogP contribution in [0, 0.1) is 0 Å². The maximum absolute atomic E-state index is 10.9. The maximum atomic E-state index is 10.9. The van der Waals surface area contributed by atoms with E-state index >= 15 is 0 Å². The molecule has 160 valence electrons. The Kier molecular flexibility index (Phi) is 5.64. The number of rotatable bonds is 6. The highest BCUT2D eigenvalue weighted by molar-refractivity contribution is 6.07. The topological polar surface area (TPSA) is 51.9 Å². The molecular formula is C26H29N3O2. The molecule has 31 heavy (non-hydrogen) atoms. The van der Waals surface area contributed by atoms with Crippen molar-refractivity contribution in [2.24, 2.45) is 0 Å². The van der Waals surface area contributed by atoms with E-state index in [0.717, 1.165) is 32.7 Å². The molecule has 4 aromatic rings. The quantitative estimate of drug-likeness (QED) is 0.504. The number of hydrogen-bond acceptors (Lipinski definition) is 4. The zero-order valence-corrected chi connectivity index (χ0v) is 17.7. The van der Waals surface area contributed by atoms with Gasteiger partial charge < -0.3 is 14.8 Å². The number of nitrogens with zero attached hydrogens (tertiary/aromatic N) is 3. The van der Waals surface area contributed by atoms with Gasteiger partial charge in [0.25, 0.3) is 0 Å². The van der Waals surface area contributed by atoms with E-state index in [1.165, 1.54) is 27.4 Å². The molecular weight excluding hydrogens is 386 g/mol. The minimum atomic E-state index is -0.414. The number of para-hydroxylation sites is 2. The molecule has 0 radical (unpaired) electrons. The second-order valence-electron chi connectivity index (χ2n) is 8.54. The fraction of sp³-hybridized carbons (Fsp3) is 0.308. The van der Waals surface area contributed by atoms with Crippen molar-refractivity contribution in [1.29, 1.82) is 0 Å². The number of fused-ring (bicyclic) bond motifs is 3. The number of piperazine rings is 1. The van der Waals surface area contributed by atoms with Gasteiger partial charge in [-0.25, -0.2) is 0 Å². The third-order valence-corrected chi connectivity index (χ3v) is 6.35. The Labute approximate surface area is 182 Å². The second-order valence-corrected chi connectivity index (χ2v) is 8.54. The van der Waals surface area contributed by atoms with E-state index in [0.29, 0.717) is 18.8 Å². The van der Waals surface area contributed by atoms with Crippen LogP contribution in [0.4, 0.5) is 0 Å². The van der Waals surface area contributed by atoms with E-state index in [1.807, 2.05) is 12.1 Å². The molecule has 1 aromatic heterocycles. The summed E-state index contributed by atoms with van der Waals surface area (Å²) in [5.41, 5.74) is 3.58. The normalized spacial score (nSPS) is 16.8. The first-order valence-electron chi connectivity index (χ1n) is 11.0. The highest BCUT2D eigenvalue weighted by Gasteiger charge is 2.20. The zero-order chi connectivity index (χ0) is 21.2. The van der Waals surface area contributed by atoms with Gasteiger partial charge in [0, 0.05) is 61.1 Å². The van der Waals surface area contributed by atoms with Gasteiger partial charge in [-0.05, 0) is 29.8 Å². The van der Waals surface area contributed by atoms with Crippen molar-refractivity contribution in [3.63, 3.8) is 0 Å². The lowest BCUT2D eigenvalue weighted by Gasteiger charge is -2.35. The van der Waals surface area contributed by atoms with Crippen LogP contribution in [0.15, 0.2) is 72.8 Å². The number of β-amino-alcohol motifs (C(OH)–C–C–N with tert-alkyl or cyclic N) is 1. The number of phenolic OH excluding ortho intramolecular Hbond substituents is 1. The Morgan fingerprint density at radius 1 is 0.677 bits per heavy atom.